The summed E-state index contributed by atoms with van der Waals surface area (Å²) in [6, 6.07) is 5.06. The lowest BCUT2D eigenvalue weighted by atomic mass is 9.92. The molecule has 0 unspecified atom stereocenters. The van der Waals surface area contributed by atoms with Crippen molar-refractivity contribution in [1.29, 1.82) is 0 Å². The molecule has 112 valence electrons. The van der Waals surface area contributed by atoms with E-state index in [1.54, 1.807) is 32.0 Å². The largest absolute Gasteiger partial charge is 0.479 e. The number of aliphatic carboxylic acids is 1. The van der Waals surface area contributed by atoms with Crippen LogP contribution in [0.4, 0.5) is 0 Å². The number of aromatic nitrogens is 4. The first-order valence-electron chi connectivity index (χ1n) is 6.44. The van der Waals surface area contributed by atoms with Gasteiger partial charge in [0, 0.05) is 5.56 Å². The molecule has 21 heavy (non-hydrogen) atoms. The number of carboxylic acids is 1. The average Bonchev–Trinajstić information content (AvgIpc) is 2.93. The van der Waals surface area contributed by atoms with Crippen molar-refractivity contribution in [2.24, 2.45) is 0 Å². The Hall–Kier alpha value is -1.66. The van der Waals surface area contributed by atoms with Crippen molar-refractivity contribution in [3.05, 3.63) is 28.2 Å². The summed E-state index contributed by atoms with van der Waals surface area (Å²) in [7, 11) is 0. The molecule has 2 aromatic rings. The second kappa shape index (κ2) is 5.99. The van der Waals surface area contributed by atoms with Gasteiger partial charge >= 0.3 is 5.97 Å². The zero-order chi connectivity index (χ0) is 15.6. The van der Waals surface area contributed by atoms with E-state index in [1.165, 1.54) is 4.68 Å². The van der Waals surface area contributed by atoms with Crippen LogP contribution in [-0.4, -0.2) is 31.3 Å². The van der Waals surface area contributed by atoms with Crippen molar-refractivity contribution in [2.75, 3.05) is 0 Å². The molecule has 0 saturated carbocycles. The van der Waals surface area contributed by atoms with Gasteiger partial charge in [-0.25, -0.2) is 9.48 Å². The summed E-state index contributed by atoms with van der Waals surface area (Å²) in [4.78, 5) is 11.7. The van der Waals surface area contributed by atoms with Crippen molar-refractivity contribution in [3.63, 3.8) is 0 Å². The number of tetrazole rings is 1. The van der Waals surface area contributed by atoms with E-state index in [9.17, 15) is 9.90 Å². The Bertz CT molecular complexity index is 668. The maximum atomic E-state index is 11.7. The lowest BCUT2D eigenvalue weighted by Gasteiger charge is -2.27. The molecular weight excluding hydrogens is 315 g/mol. The Balaban J connectivity index is 2.68. The molecule has 1 aromatic heterocycles. The third-order valence-electron chi connectivity index (χ3n) is 3.64. The van der Waals surface area contributed by atoms with E-state index in [0.717, 1.165) is 0 Å². The van der Waals surface area contributed by atoms with Crippen LogP contribution in [0, 0.1) is 0 Å². The average molecular weight is 329 g/mol. The summed E-state index contributed by atoms with van der Waals surface area (Å²) in [6.45, 7) is 3.56. The fourth-order valence-corrected chi connectivity index (χ4v) is 2.65. The van der Waals surface area contributed by atoms with Gasteiger partial charge in [0.05, 0.1) is 10.0 Å². The molecule has 2 rings (SSSR count). The van der Waals surface area contributed by atoms with Gasteiger partial charge in [0.2, 0.25) is 0 Å². The number of benzene rings is 1. The first kappa shape index (κ1) is 15.7. The highest BCUT2D eigenvalue weighted by Crippen LogP contribution is 2.35. The summed E-state index contributed by atoms with van der Waals surface area (Å²) in [6.07, 6.45) is 0.685. The molecule has 1 heterocycles. The van der Waals surface area contributed by atoms with E-state index in [4.69, 9.17) is 23.2 Å². The number of hydrogen-bond acceptors (Lipinski definition) is 4. The van der Waals surface area contributed by atoms with E-state index in [0.29, 0.717) is 28.5 Å². The minimum atomic E-state index is -1.22. The molecular formula is C13H14Cl2N4O2. The van der Waals surface area contributed by atoms with Gasteiger partial charge in [0.25, 0.3) is 0 Å². The van der Waals surface area contributed by atoms with Crippen molar-refractivity contribution >= 4 is 29.2 Å². The summed E-state index contributed by atoms with van der Waals surface area (Å²) < 4.78 is 1.31. The Morgan fingerprint density at radius 1 is 1.33 bits per heavy atom. The molecule has 8 heteroatoms. The summed E-state index contributed by atoms with van der Waals surface area (Å²) in [5.41, 5.74) is -0.716. The van der Waals surface area contributed by atoms with Crippen molar-refractivity contribution in [2.45, 2.75) is 32.2 Å². The van der Waals surface area contributed by atoms with Gasteiger partial charge in [-0.15, -0.1) is 5.10 Å². The highest BCUT2D eigenvalue weighted by atomic mass is 35.5. The SMILES string of the molecule is CCC(CC)(C(=O)O)n1nnnc1-c1cccc(Cl)c1Cl. The van der Waals surface area contributed by atoms with Gasteiger partial charge in [-0.2, -0.15) is 0 Å². The van der Waals surface area contributed by atoms with Gasteiger partial charge in [-0.05, 0) is 35.4 Å². The summed E-state index contributed by atoms with van der Waals surface area (Å²) in [5, 5.41) is 21.7. The lowest BCUT2D eigenvalue weighted by molar-refractivity contribution is -0.148. The van der Waals surface area contributed by atoms with Gasteiger partial charge in [-0.3, -0.25) is 0 Å². The summed E-state index contributed by atoms with van der Waals surface area (Å²) in [5.74, 6) is -0.701. The molecule has 0 bridgehead atoms. The Morgan fingerprint density at radius 3 is 2.57 bits per heavy atom. The number of hydrogen-bond donors (Lipinski definition) is 1. The Kier molecular flexibility index (Phi) is 4.49. The maximum Gasteiger partial charge on any atom is 0.331 e. The van der Waals surface area contributed by atoms with Gasteiger partial charge in [0.1, 0.15) is 0 Å². The van der Waals surface area contributed by atoms with E-state index in [1.807, 2.05) is 0 Å². The van der Waals surface area contributed by atoms with E-state index in [2.05, 4.69) is 15.5 Å². The topological polar surface area (TPSA) is 80.9 Å². The molecule has 6 nitrogen and oxygen atoms in total. The van der Waals surface area contributed by atoms with Crippen LogP contribution >= 0.6 is 23.2 Å². The van der Waals surface area contributed by atoms with Crippen molar-refractivity contribution in [1.82, 2.24) is 20.2 Å². The normalized spacial score (nSPS) is 11.6. The molecule has 0 fully saturated rings. The van der Waals surface area contributed by atoms with Crippen LogP contribution in [-0.2, 0) is 10.3 Å². The Labute approximate surface area is 131 Å². The predicted octanol–water partition coefficient (Wildman–Crippen LogP) is 3.25. The first-order valence-corrected chi connectivity index (χ1v) is 7.20. The van der Waals surface area contributed by atoms with Gasteiger partial charge in [0.15, 0.2) is 11.4 Å². The third-order valence-corrected chi connectivity index (χ3v) is 4.45. The van der Waals surface area contributed by atoms with Crippen LogP contribution in [0.3, 0.4) is 0 Å². The highest BCUT2D eigenvalue weighted by molar-refractivity contribution is 6.43. The van der Waals surface area contributed by atoms with Crippen LogP contribution in [0.1, 0.15) is 26.7 Å². The third kappa shape index (κ3) is 2.49. The zero-order valence-electron chi connectivity index (χ0n) is 11.5. The smallest absolute Gasteiger partial charge is 0.331 e. The highest BCUT2D eigenvalue weighted by Gasteiger charge is 2.40. The molecule has 0 aliphatic heterocycles. The number of carboxylic acid groups (broad SMARTS) is 1. The standard InChI is InChI=1S/C13H14Cl2N4O2/c1-3-13(4-2,12(20)21)19-11(16-17-18-19)8-6-5-7-9(14)10(8)15/h5-7H,3-4H2,1-2H3,(H,20,21). The Morgan fingerprint density at radius 2 is 2.00 bits per heavy atom. The molecule has 1 N–H and O–H groups in total. The minimum absolute atomic E-state index is 0.286. The zero-order valence-corrected chi connectivity index (χ0v) is 13.1. The van der Waals surface area contributed by atoms with Crippen molar-refractivity contribution < 1.29 is 9.90 Å². The molecule has 0 amide bonds. The van der Waals surface area contributed by atoms with Gasteiger partial charge < -0.3 is 5.11 Å². The minimum Gasteiger partial charge on any atom is -0.479 e. The second-order valence-electron chi connectivity index (χ2n) is 4.56. The molecule has 0 atom stereocenters. The number of carbonyl (C=O) groups is 1. The van der Waals surface area contributed by atoms with Crippen LogP contribution in [0.5, 0.6) is 0 Å². The monoisotopic (exact) mass is 328 g/mol. The molecule has 0 aliphatic carbocycles. The van der Waals surface area contributed by atoms with Gasteiger partial charge in [-0.1, -0.05) is 43.1 Å². The van der Waals surface area contributed by atoms with Crippen LogP contribution in [0.25, 0.3) is 11.4 Å². The fourth-order valence-electron chi connectivity index (χ4n) is 2.26. The first-order chi connectivity index (χ1) is 9.97. The molecule has 0 spiro atoms. The molecule has 0 radical (unpaired) electrons. The quantitative estimate of drug-likeness (QED) is 0.911. The van der Waals surface area contributed by atoms with Crippen LogP contribution in [0.2, 0.25) is 10.0 Å². The molecule has 1 aromatic carbocycles. The number of halogens is 2. The fraction of sp³-hybridized carbons (Fsp3) is 0.385. The van der Waals surface area contributed by atoms with Crippen LogP contribution in [0.15, 0.2) is 18.2 Å². The molecule has 0 saturated heterocycles. The second-order valence-corrected chi connectivity index (χ2v) is 5.34. The number of rotatable bonds is 5. The van der Waals surface area contributed by atoms with E-state index < -0.39 is 11.5 Å². The summed E-state index contributed by atoms with van der Waals surface area (Å²) >= 11 is 12.2. The number of nitrogens with zero attached hydrogens (tertiary/aromatic N) is 4. The van der Waals surface area contributed by atoms with Crippen LogP contribution < -0.4 is 0 Å². The van der Waals surface area contributed by atoms with Crippen molar-refractivity contribution in [3.8, 4) is 11.4 Å². The maximum absolute atomic E-state index is 11.7. The lowest BCUT2D eigenvalue weighted by Crippen LogP contribution is -2.42. The predicted molar refractivity (Wildman–Crippen MR) is 79.5 cm³/mol. The van der Waals surface area contributed by atoms with E-state index >= 15 is 0 Å². The van der Waals surface area contributed by atoms with E-state index in [-0.39, 0.29) is 5.82 Å². The molecule has 0 aliphatic rings.